The Hall–Kier alpha value is 1.81. The van der Waals surface area contributed by atoms with Crippen LogP contribution in [-0.2, 0) is 42.0 Å². The van der Waals surface area contributed by atoms with Crippen LogP contribution in [0.5, 0.6) is 0 Å². The molecule has 0 fully saturated rings. The molecule has 0 rings (SSSR count). The molecule has 0 aliphatic rings. The quantitative estimate of drug-likeness (QED) is 0.439. The summed E-state index contributed by atoms with van der Waals surface area (Å²) in [5.41, 5.74) is 0. The Morgan fingerprint density at radius 1 is 0.500 bits per heavy atom. The monoisotopic (exact) mass is 489 g/mol. The number of hydrogen-bond acceptors (Lipinski definition) is 0. The predicted molar refractivity (Wildman–Crippen MR) is 2.75 cm³/mol. The summed E-state index contributed by atoms with van der Waals surface area (Å²) >= 11 is 0. The average Bonchev–Trinajstić information content (AvgIpc) is 0. The Balaban J connectivity index is 0. The van der Waals surface area contributed by atoms with E-state index >= 15 is 0 Å². The molecule has 0 aliphatic heterocycles. The van der Waals surface area contributed by atoms with E-state index in [0.29, 0.717) is 0 Å². The van der Waals surface area contributed by atoms with Crippen molar-refractivity contribution < 1.29 is 82.0 Å². The van der Waals surface area contributed by atoms with E-state index in [2.05, 4.69) is 0 Å². The summed E-state index contributed by atoms with van der Waals surface area (Å²) in [7, 11) is 0. The fraction of sp³-hybridized carbons (Fsp3) is 0. The van der Waals surface area contributed by atoms with Crippen LogP contribution in [0.2, 0.25) is 0 Å². The molecule has 0 unspecified atom stereocenters. The predicted octanol–water partition coefficient (Wildman–Crippen LogP) is -0.478. The van der Waals surface area contributed by atoms with Gasteiger partial charge in [0.05, 0.1) is 0 Å². The third-order valence-electron chi connectivity index (χ3n) is 0. The molecule has 0 aliphatic carbocycles. The molecule has 6 heavy (non-hydrogen) atoms. The minimum absolute atomic E-state index is 0. The minimum atomic E-state index is 0. The molecule has 41 valence electrons. The first-order valence-electron chi connectivity index (χ1n) is 0. The molecule has 0 saturated heterocycles. The maximum atomic E-state index is 0. The zero-order valence-corrected chi connectivity index (χ0v) is 8.97. The summed E-state index contributed by atoms with van der Waals surface area (Å²) in [6.07, 6.45) is 0. The molecule has 0 aromatic heterocycles. The van der Waals surface area contributed by atoms with Gasteiger partial charge in [-0.15, -0.1) is 0 Å². The van der Waals surface area contributed by atoms with Crippen molar-refractivity contribution in [3.63, 3.8) is 0 Å². The summed E-state index contributed by atoms with van der Waals surface area (Å²) in [5, 5.41) is 0. The van der Waals surface area contributed by atoms with E-state index in [1.807, 2.05) is 0 Å². The van der Waals surface area contributed by atoms with Gasteiger partial charge in [-0.1, -0.05) is 0 Å². The van der Waals surface area contributed by atoms with Crippen molar-refractivity contribution in [2.45, 2.75) is 0 Å². The molecule has 0 N–H and O–H groups in total. The first kappa shape index (κ1) is 110. The van der Waals surface area contributed by atoms with Gasteiger partial charge >= 0.3 is 39.9 Å². The molecular formula is IrO4Th-4. The van der Waals surface area contributed by atoms with Crippen molar-refractivity contribution in [2.24, 2.45) is 0 Å². The van der Waals surface area contributed by atoms with E-state index in [1.165, 1.54) is 0 Å². The maximum Gasteiger partial charge on any atom is 4.00 e. The molecule has 4 nitrogen and oxygen atoms in total. The van der Waals surface area contributed by atoms with Crippen LogP contribution in [0, 0.1) is 39.9 Å². The van der Waals surface area contributed by atoms with E-state index in [4.69, 9.17) is 0 Å². The van der Waals surface area contributed by atoms with Crippen LogP contribution in [0.15, 0.2) is 0 Å². The molecule has 0 atom stereocenters. The van der Waals surface area contributed by atoms with E-state index in [9.17, 15) is 0 Å². The standard InChI is InChI=1S/Ir.4O.Th/q;4*-2;+4. The van der Waals surface area contributed by atoms with Gasteiger partial charge in [0.15, 0.2) is 0 Å². The Morgan fingerprint density at radius 3 is 0.500 bits per heavy atom. The molecule has 0 saturated carbocycles. The molecule has 0 aromatic carbocycles. The van der Waals surface area contributed by atoms with Crippen molar-refractivity contribution in [1.82, 2.24) is 0 Å². The summed E-state index contributed by atoms with van der Waals surface area (Å²) in [5.74, 6) is 0. The Kier molecular flexibility index (Phi) is 1290. The molecule has 0 aromatic rings. The molecular weight excluding hydrogens is 488 g/mol. The van der Waals surface area contributed by atoms with Crippen LogP contribution < -0.4 is 0 Å². The van der Waals surface area contributed by atoms with Crippen molar-refractivity contribution in [1.29, 1.82) is 0 Å². The van der Waals surface area contributed by atoms with Gasteiger partial charge in [0.1, 0.15) is 0 Å². The van der Waals surface area contributed by atoms with E-state index in [1.54, 1.807) is 0 Å². The van der Waals surface area contributed by atoms with Crippen LogP contribution in [0.4, 0.5) is 0 Å². The van der Waals surface area contributed by atoms with Crippen LogP contribution >= 0.6 is 0 Å². The van der Waals surface area contributed by atoms with Gasteiger partial charge in [0.2, 0.25) is 0 Å². The van der Waals surface area contributed by atoms with Gasteiger partial charge in [0.25, 0.3) is 0 Å². The van der Waals surface area contributed by atoms with Crippen molar-refractivity contribution >= 4 is 0 Å². The summed E-state index contributed by atoms with van der Waals surface area (Å²) in [4.78, 5) is 0. The van der Waals surface area contributed by atoms with Crippen LogP contribution in [-0.4, -0.2) is 0 Å². The van der Waals surface area contributed by atoms with Crippen LogP contribution in [0.25, 0.3) is 0 Å². The largest absolute Gasteiger partial charge is 4.00 e. The SMILES string of the molecule is [Ir].[O-2].[O-2].[O-2].[O-2].[Th+4]. The molecule has 1 radical (unpaired) electrons. The van der Waals surface area contributed by atoms with E-state index in [0.717, 1.165) is 0 Å². The fourth-order valence-corrected chi connectivity index (χ4v) is 0. The number of rotatable bonds is 0. The third kappa shape index (κ3) is 40.9. The summed E-state index contributed by atoms with van der Waals surface area (Å²) in [6, 6.07) is 0. The van der Waals surface area contributed by atoms with Gasteiger partial charge in [-0.05, 0) is 0 Å². The normalized spacial score (nSPS) is 0. The van der Waals surface area contributed by atoms with Gasteiger partial charge in [-0.2, -0.15) is 0 Å². The van der Waals surface area contributed by atoms with Crippen LogP contribution in [0.1, 0.15) is 0 Å². The third-order valence-corrected chi connectivity index (χ3v) is 0. The second kappa shape index (κ2) is 70.0. The summed E-state index contributed by atoms with van der Waals surface area (Å²) in [6.45, 7) is 0. The topological polar surface area (TPSA) is 114 Å². The zero-order chi connectivity index (χ0) is 0. The van der Waals surface area contributed by atoms with Gasteiger partial charge < -0.3 is 21.9 Å². The van der Waals surface area contributed by atoms with Crippen LogP contribution in [0.3, 0.4) is 0 Å². The zero-order valence-electron chi connectivity index (χ0n) is 2.47. The Bertz CT molecular complexity index is 7.51. The van der Waals surface area contributed by atoms with Crippen molar-refractivity contribution in [3.8, 4) is 0 Å². The van der Waals surface area contributed by atoms with Crippen molar-refractivity contribution in [3.05, 3.63) is 0 Å². The maximum absolute atomic E-state index is 0. The Morgan fingerprint density at radius 2 is 0.500 bits per heavy atom. The first-order valence-corrected chi connectivity index (χ1v) is 0. The average molecular weight is 488 g/mol. The second-order valence-corrected chi connectivity index (χ2v) is 0. The van der Waals surface area contributed by atoms with Gasteiger partial charge in [-0.25, -0.2) is 0 Å². The minimum Gasteiger partial charge on any atom is -2.00 e. The van der Waals surface area contributed by atoms with E-state index < -0.39 is 0 Å². The van der Waals surface area contributed by atoms with E-state index in [-0.39, 0.29) is 82.0 Å². The van der Waals surface area contributed by atoms with Gasteiger partial charge in [0, 0.05) is 20.1 Å². The Labute approximate surface area is 81.0 Å². The van der Waals surface area contributed by atoms with Crippen molar-refractivity contribution in [2.75, 3.05) is 0 Å². The first-order chi connectivity index (χ1) is 0. The smallest absolute Gasteiger partial charge is 2.00 e. The molecule has 0 heterocycles. The fourth-order valence-electron chi connectivity index (χ4n) is 0. The molecule has 6 heteroatoms. The number of hydrogen-bond donors (Lipinski definition) is 0. The second-order valence-electron chi connectivity index (χ2n) is 0. The summed E-state index contributed by atoms with van der Waals surface area (Å²) < 4.78 is 0. The molecule has 0 bridgehead atoms. The van der Waals surface area contributed by atoms with Gasteiger partial charge in [-0.3, -0.25) is 0 Å². The molecule has 0 amide bonds. The molecule has 0 spiro atoms.